The van der Waals surface area contributed by atoms with Crippen LogP contribution in [0.15, 0.2) is 54.7 Å². The number of hydrogen-bond donors (Lipinski definition) is 0. The van der Waals surface area contributed by atoms with Crippen LogP contribution in [0.5, 0.6) is 0 Å². The smallest absolute Gasteiger partial charge is 0.204 e. The Morgan fingerprint density at radius 3 is 2.25 bits per heavy atom. The maximum absolute atomic E-state index is 2.12. The first-order valence-corrected chi connectivity index (χ1v) is 5.04. The molecule has 0 saturated carbocycles. The zero-order chi connectivity index (χ0) is 10.5. The van der Waals surface area contributed by atoms with E-state index in [1.54, 1.807) is 0 Å². The average Bonchev–Trinajstić information content (AvgIpc) is 2.29. The third-order valence-corrected chi connectivity index (χ3v) is 2.34. The van der Waals surface area contributed by atoms with Gasteiger partial charge in [-0.15, -0.1) is 0 Å². The Hall–Kier alpha value is -1.16. The third-order valence-electron chi connectivity index (χ3n) is 2.34. The van der Waals surface area contributed by atoms with E-state index >= 15 is 0 Å². The van der Waals surface area contributed by atoms with Crippen LogP contribution in [0.25, 0.3) is 12.2 Å². The van der Waals surface area contributed by atoms with Crippen molar-refractivity contribution in [3.05, 3.63) is 66.0 Å². The van der Waals surface area contributed by atoms with Gasteiger partial charge in [0, 0.05) is 18.2 Å². The summed E-state index contributed by atoms with van der Waals surface area (Å²) in [6.07, 6.45) is 6.29. The van der Waals surface area contributed by atoms with Crippen LogP contribution in [0.4, 0.5) is 0 Å². The normalized spacial score (nSPS) is 10.1. The van der Waals surface area contributed by atoms with E-state index in [2.05, 4.69) is 34.9 Å². The van der Waals surface area contributed by atoms with Crippen LogP contribution in [-0.4, -0.2) is 0 Å². The molecule has 0 fully saturated rings. The molecule has 0 saturated heterocycles. The minimum atomic E-state index is 0. The molecule has 0 radical (unpaired) electrons. The summed E-state index contributed by atoms with van der Waals surface area (Å²) in [4.78, 5) is 0. The number of benzene rings is 1. The van der Waals surface area contributed by atoms with Gasteiger partial charge in [0.25, 0.3) is 0 Å². The predicted molar refractivity (Wildman–Crippen MR) is 63.0 cm³/mol. The first kappa shape index (κ1) is 12.9. The molecule has 16 heavy (non-hydrogen) atoms. The lowest BCUT2D eigenvalue weighted by molar-refractivity contribution is -0.673. The van der Waals surface area contributed by atoms with Gasteiger partial charge in [0.1, 0.15) is 7.05 Å². The van der Waals surface area contributed by atoms with Gasteiger partial charge in [-0.25, -0.2) is 4.57 Å². The van der Waals surface area contributed by atoms with Crippen LogP contribution >= 0.6 is 0 Å². The minimum absolute atomic E-state index is 0. The predicted octanol–water partition coefficient (Wildman–Crippen LogP) is -0.315. The number of aromatic nitrogens is 1. The molecule has 0 amide bonds. The molecular weight excluding hydrogens is 309 g/mol. The number of nitrogens with zero attached hydrogens (tertiary/aromatic N) is 1. The SMILES string of the molecule is C[n+]1ccccc1/C=C/c1ccccc1.[I-]. The summed E-state index contributed by atoms with van der Waals surface area (Å²) in [5.74, 6) is 0. The van der Waals surface area contributed by atoms with Gasteiger partial charge in [0.05, 0.1) is 0 Å². The molecule has 1 heterocycles. The highest BCUT2D eigenvalue weighted by Crippen LogP contribution is 2.04. The molecule has 2 aromatic rings. The van der Waals surface area contributed by atoms with Crippen molar-refractivity contribution in [3.63, 3.8) is 0 Å². The highest BCUT2D eigenvalue weighted by molar-refractivity contribution is 5.66. The maximum Gasteiger partial charge on any atom is 0.204 e. The molecule has 0 unspecified atom stereocenters. The summed E-state index contributed by atoms with van der Waals surface area (Å²) in [6.45, 7) is 0. The molecule has 2 rings (SSSR count). The Balaban J connectivity index is 0.00000128. The van der Waals surface area contributed by atoms with Crippen molar-refractivity contribution in [1.82, 2.24) is 0 Å². The van der Waals surface area contributed by atoms with Crippen LogP contribution in [0.1, 0.15) is 11.3 Å². The summed E-state index contributed by atoms with van der Waals surface area (Å²) >= 11 is 0. The topological polar surface area (TPSA) is 3.88 Å². The molecule has 1 aromatic heterocycles. The van der Waals surface area contributed by atoms with Crippen molar-refractivity contribution < 1.29 is 28.5 Å². The van der Waals surface area contributed by atoms with Gasteiger partial charge in [-0.1, -0.05) is 30.3 Å². The summed E-state index contributed by atoms with van der Waals surface area (Å²) in [5.41, 5.74) is 2.42. The second-order valence-electron chi connectivity index (χ2n) is 3.48. The summed E-state index contributed by atoms with van der Waals surface area (Å²) in [6, 6.07) is 16.5. The van der Waals surface area contributed by atoms with E-state index < -0.39 is 0 Å². The molecule has 0 spiro atoms. The highest BCUT2D eigenvalue weighted by atomic mass is 127. The Kier molecular flexibility index (Phi) is 5.19. The largest absolute Gasteiger partial charge is 1.00 e. The molecule has 1 aromatic carbocycles. The highest BCUT2D eigenvalue weighted by Gasteiger charge is 1.97. The third kappa shape index (κ3) is 3.45. The number of rotatable bonds is 2. The molecule has 0 aliphatic heterocycles. The molecule has 2 heteroatoms. The van der Waals surface area contributed by atoms with Crippen molar-refractivity contribution in [1.29, 1.82) is 0 Å². The van der Waals surface area contributed by atoms with E-state index in [0.717, 1.165) is 0 Å². The first-order valence-electron chi connectivity index (χ1n) is 5.04. The van der Waals surface area contributed by atoms with Gasteiger partial charge in [0.2, 0.25) is 5.69 Å². The first-order chi connectivity index (χ1) is 7.36. The average molecular weight is 323 g/mol. The van der Waals surface area contributed by atoms with Crippen molar-refractivity contribution in [2.24, 2.45) is 7.05 Å². The van der Waals surface area contributed by atoms with Gasteiger partial charge in [-0.2, -0.15) is 0 Å². The second-order valence-corrected chi connectivity index (χ2v) is 3.48. The quantitative estimate of drug-likeness (QED) is 0.527. The standard InChI is InChI=1S/C14H14N.HI/c1-15-12-6-5-9-14(15)11-10-13-7-3-2-4-8-13;/h2-12H,1H3;1H/q+1;/p-1/b11-10+;. The minimum Gasteiger partial charge on any atom is -1.00 e. The molecular formula is C14H14IN. The van der Waals surface area contributed by atoms with E-state index in [9.17, 15) is 0 Å². The van der Waals surface area contributed by atoms with Gasteiger partial charge in [-0.05, 0) is 17.7 Å². The van der Waals surface area contributed by atoms with Crippen LogP contribution in [0.3, 0.4) is 0 Å². The second kappa shape index (κ2) is 6.43. The van der Waals surface area contributed by atoms with E-state index in [-0.39, 0.29) is 24.0 Å². The molecule has 0 atom stereocenters. The van der Waals surface area contributed by atoms with E-state index in [4.69, 9.17) is 0 Å². The molecule has 82 valence electrons. The molecule has 0 aliphatic carbocycles. The molecule has 1 nitrogen and oxygen atoms in total. The van der Waals surface area contributed by atoms with Gasteiger partial charge in [0.15, 0.2) is 6.20 Å². The van der Waals surface area contributed by atoms with Crippen LogP contribution in [0, 0.1) is 0 Å². The van der Waals surface area contributed by atoms with E-state index in [1.165, 1.54) is 11.3 Å². The maximum atomic E-state index is 2.12. The summed E-state index contributed by atoms with van der Waals surface area (Å²) in [5, 5.41) is 0. The molecule has 0 aliphatic rings. The Morgan fingerprint density at radius 1 is 0.875 bits per heavy atom. The fourth-order valence-corrected chi connectivity index (χ4v) is 1.46. The Bertz CT molecular complexity index is 463. The summed E-state index contributed by atoms with van der Waals surface area (Å²) < 4.78 is 2.10. The van der Waals surface area contributed by atoms with E-state index in [0.29, 0.717) is 0 Å². The zero-order valence-electron chi connectivity index (χ0n) is 9.18. The van der Waals surface area contributed by atoms with Gasteiger partial charge >= 0.3 is 0 Å². The van der Waals surface area contributed by atoms with Crippen molar-refractivity contribution in [2.75, 3.05) is 0 Å². The Morgan fingerprint density at radius 2 is 1.56 bits per heavy atom. The fourth-order valence-electron chi connectivity index (χ4n) is 1.46. The number of aryl methyl sites for hydroxylation is 1. The van der Waals surface area contributed by atoms with E-state index in [1.807, 2.05) is 43.6 Å². The lowest BCUT2D eigenvalue weighted by Gasteiger charge is -1.93. The van der Waals surface area contributed by atoms with Gasteiger partial charge < -0.3 is 24.0 Å². The van der Waals surface area contributed by atoms with Crippen LogP contribution in [-0.2, 0) is 7.05 Å². The van der Waals surface area contributed by atoms with Crippen LogP contribution < -0.4 is 28.5 Å². The zero-order valence-corrected chi connectivity index (χ0v) is 11.3. The number of hydrogen-bond acceptors (Lipinski definition) is 0. The van der Waals surface area contributed by atoms with Gasteiger partial charge in [-0.3, -0.25) is 0 Å². The lowest BCUT2D eigenvalue weighted by Crippen LogP contribution is -3.00. The summed E-state index contributed by atoms with van der Waals surface area (Å²) in [7, 11) is 2.05. The van der Waals surface area contributed by atoms with Crippen molar-refractivity contribution in [2.45, 2.75) is 0 Å². The monoisotopic (exact) mass is 323 g/mol. The van der Waals surface area contributed by atoms with Crippen molar-refractivity contribution >= 4 is 12.2 Å². The Labute approximate surface area is 113 Å². The number of halogens is 1. The van der Waals surface area contributed by atoms with Crippen LogP contribution in [0.2, 0.25) is 0 Å². The molecule has 0 N–H and O–H groups in total. The molecule has 0 bridgehead atoms. The lowest BCUT2D eigenvalue weighted by atomic mass is 10.2. The number of pyridine rings is 1. The fraction of sp³-hybridized carbons (Fsp3) is 0.0714. The van der Waals surface area contributed by atoms with Crippen molar-refractivity contribution in [3.8, 4) is 0 Å².